The van der Waals surface area contributed by atoms with Crippen LogP contribution in [0.15, 0.2) is 66.0 Å². The molecule has 0 aliphatic heterocycles. The second-order valence-corrected chi connectivity index (χ2v) is 3.75. The quantitative estimate of drug-likeness (QED) is 0.486. The van der Waals surface area contributed by atoms with Crippen molar-refractivity contribution in [2.75, 3.05) is 0 Å². The average Bonchev–Trinajstić information content (AvgIpc) is 2.41. The first kappa shape index (κ1) is 12.0. The lowest BCUT2D eigenvalue weighted by Gasteiger charge is -1.96. The molecule has 0 radical (unpaired) electrons. The molecule has 18 heavy (non-hydrogen) atoms. The van der Waals surface area contributed by atoms with E-state index in [1.807, 2.05) is 60.9 Å². The molecule has 0 aliphatic rings. The highest BCUT2D eigenvalue weighted by Crippen LogP contribution is 1.92. The van der Waals surface area contributed by atoms with Crippen LogP contribution < -0.4 is 9.99 Å². The Labute approximate surface area is 106 Å². The number of hydrogen-bond donors (Lipinski definition) is 1. The number of nitrogens with zero attached hydrogens (tertiary/aromatic N) is 2. The van der Waals surface area contributed by atoms with E-state index in [1.165, 1.54) is 0 Å². The van der Waals surface area contributed by atoms with Crippen molar-refractivity contribution in [3.63, 3.8) is 0 Å². The molecule has 1 aromatic carbocycles. The van der Waals surface area contributed by atoms with E-state index in [4.69, 9.17) is 0 Å². The summed E-state index contributed by atoms with van der Waals surface area (Å²) in [5.41, 5.74) is 3.44. The highest BCUT2D eigenvalue weighted by atomic mass is 16.2. The van der Waals surface area contributed by atoms with Gasteiger partial charge >= 0.3 is 5.91 Å². The molecule has 1 N–H and O–H groups in total. The number of hydrazone groups is 1. The van der Waals surface area contributed by atoms with E-state index in [0.29, 0.717) is 0 Å². The number of carbonyl (C=O) groups excluding carboxylic acids is 1. The number of aromatic nitrogens is 1. The zero-order valence-corrected chi connectivity index (χ0v) is 9.86. The molecule has 0 aliphatic carbocycles. The van der Waals surface area contributed by atoms with Crippen LogP contribution >= 0.6 is 0 Å². The van der Waals surface area contributed by atoms with Gasteiger partial charge < -0.3 is 0 Å². The summed E-state index contributed by atoms with van der Waals surface area (Å²) in [7, 11) is 0. The molecular formula is C14H14N3O+. The van der Waals surface area contributed by atoms with Crippen LogP contribution in [0.1, 0.15) is 5.56 Å². The molecule has 2 aromatic rings. The molecule has 0 fully saturated rings. The van der Waals surface area contributed by atoms with Crippen molar-refractivity contribution in [2.45, 2.75) is 6.54 Å². The molecule has 2 rings (SSSR count). The van der Waals surface area contributed by atoms with Crippen LogP contribution in [0, 0.1) is 0 Å². The average molecular weight is 240 g/mol. The molecule has 4 nitrogen and oxygen atoms in total. The van der Waals surface area contributed by atoms with Gasteiger partial charge in [-0.05, 0) is 5.56 Å². The Morgan fingerprint density at radius 3 is 2.50 bits per heavy atom. The third kappa shape index (κ3) is 3.83. The Balaban J connectivity index is 1.84. The van der Waals surface area contributed by atoms with Crippen LogP contribution in [0.3, 0.4) is 0 Å². The topological polar surface area (TPSA) is 45.3 Å². The van der Waals surface area contributed by atoms with Gasteiger partial charge in [0.1, 0.15) is 0 Å². The van der Waals surface area contributed by atoms with E-state index in [9.17, 15) is 4.79 Å². The summed E-state index contributed by atoms with van der Waals surface area (Å²) >= 11 is 0. The highest BCUT2D eigenvalue weighted by molar-refractivity contribution is 5.81. The van der Waals surface area contributed by atoms with Gasteiger partial charge in [-0.25, -0.2) is 5.43 Å². The first-order chi connectivity index (χ1) is 8.84. The van der Waals surface area contributed by atoms with Crippen LogP contribution in [0.5, 0.6) is 0 Å². The van der Waals surface area contributed by atoms with Gasteiger partial charge in [0.2, 0.25) is 6.54 Å². The van der Waals surface area contributed by atoms with E-state index < -0.39 is 0 Å². The zero-order chi connectivity index (χ0) is 12.6. The molecular weight excluding hydrogens is 226 g/mol. The molecule has 0 unspecified atom stereocenters. The number of rotatable bonds is 4. The number of benzene rings is 1. The fourth-order valence-electron chi connectivity index (χ4n) is 1.46. The molecule has 0 bridgehead atoms. The van der Waals surface area contributed by atoms with Crippen LogP contribution in [-0.2, 0) is 11.3 Å². The van der Waals surface area contributed by atoms with Gasteiger partial charge in [-0.15, -0.1) is 0 Å². The molecule has 0 saturated heterocycles. The minimum Gasteiger partial charge on any atom is -0.266 e. The summed E-state index contributed by atoms with van der Waals surface area (Å²) in [6.07, 6.45) is 5.29. The Hall–Kier alpha value is -2.49. The van der Waals surface area contributed by atoms with Crippen LogP contribution in [0.2, 0.25) is 0 Å². The van der Waals surface area contributed by atoms with Gasteiger partial charge in [-0.1, -0.05) is 36.4 Å². The van der Waals surface area contributed by atoms with E-state index >= 15 is 0 Å². The number of amides is 1. The van der Waals surface area contributed by atoms with Gasteiger partial charge in [0.15, 0.2) is 12.4 Å². The maximum absolute atomic E-state index is 11.6. The molecule has 0 atom stereocenters. The lowest BCUT2D eigenvalue weighted by Crippen LogP contribution is -2.40. The minimum absolute atomic E-state index is 0.154. The van der Waals surface area contributed by atoms with E-state index in [-0.39, 0.29) is 12.5 Å². The number of carbonyl (C=O) groups is 1. The SMILES string of the molecule is O=C(C[n+]1ccccc1)NN=Cc1ccccc1. The van der Waals surface area contributed by atoms with Gasteiger partial charge in [0, 0.05) is 12.1 Å². The number of nitrogens with one attached hydrogen (secondary N) is 1. The predicted octanol–water partition coefficient (Wildman–Crippen LogP) is 1.12. The Morgan fingerprint density at radius 2 is 1.78 bits per heavy atom. The second-order valence-electron chi connectivity index (χ2n) is 3.75. The van der Waals surface area contributed by atoms with E-state index in [2.05, 4.69) is 10.5 Å². The van der Waals surface area contributed by atoms with E-state index in [1.54, 1.807) is 10.8 Å². The largest absolute Gasteiger partial charge is 0.305 e. The molecule has 0 saturated carbocycles. The van der Waals surface area contributed by atoms with Crippen molar-refractivity contribution >= 4 is 12.1 Å². The zero-order valence-electron chi connectivity index (χ0n) is 9.86. The van der Waals surface area contributed by atoms with Crippen LogP contribution in [0.4, 0.5) is 0 Å². The Morgan fingerprint density at radius 1 is 1.11 bits per heavy atom. The predicted molar refractivity (Wildman–Crippen MR) is 68.8 cm³/mol. The Kier molecular flexibility index (Phi) is 4.19. The summed E-state index contributed by atoms with van der Waals surface area (Å²) in [6, 6.07) is 15.3. The van der Waals surface area contributed by atoms with Crippen molar-refractivity contribution in [3.05, 3.63) is 66.5 Å². The van der Waals surface area contributed by atoms with Crippen molar-refractivity contribution in [3.8, 4) is 0 Å². The monoisotopic (exact) mass is 240 g/mol. The first-order valence-electron chi connectivity index (χ1n) is 5.65. The smallest absolute Gasteiger partial charge is 0.266 e. The molecule has 0 spiro atoms. The van der Waals surface area contributed by atoms with Gasteiger partial charge in [-0.3, -0.25) is 4.79 Å². The standard InChI is InChI=1S/C14H13N3O/c18-14(12-17-9-5-2-6-10-17)16-15-11-13-7-3-1-4-8-13/h1-11H,12H2/p+1. The van der Waals surface area contributed by atoms with E-state index in [0.717, 1.165) is 5.56 Å². The van der Waals surface area contributed by atoms with Crippen molar-refractivity contribution in [1.82, 2.24) is 5.43 Å². The fraction of sp³-hybridized carbons (Fsp3) is 0.0714. The summed E-state index contributed by atoms with van der Waals surface area (Å²) in [6.45, 7) is 0.257. The number of hydrogen-bond acceptors (Lipinski definition) is 2. The van der Waals surface area contributed by atoms with Gasteiger partial charge in [-0.2, -0.15) is 9.67 Å². The molecule has 1 heterocycles. The van der Waals surface area contributed by atoms with Crippen LogP contribution in [-0.4, -0.2) is 12.1 Å². The highest BCUT2D eigenvalue weighted by Gasteiger charge is 2.06. The molecule has 1 aromatic heterocycles. The third-order valence-electron chi connectivity index (χ3n) is 2.31. The fourth-order valence-corrected chi connectivity index (χ4v) is 1.46. The Bertz CT molecular complexity index is 523. The third-order valence-corrected chi connectivity index (χ3v) is 2.31. The first-order valence-corrected chi connectivity index (χ1v) is 5.65. The molecule has 4 heteroatoms. The second kappa shape index (κ2) is 6.30. The number of pyridine rings is 1. The van der Waals surface area contributed by atoms with Crippen molar-refractivity contribution in [1.29, 1.82) is 0 Å². The van der Waals surface area contributed by atoms with Crippen molar-refractivity contribution in [2.24, 2.45) is 5.10 Å². The maximum atomic E-state index is 11.6. The minimum atomic E-state index is -0.154. The van der Waals surface area contributed by atoms with Gasteiger partial charge in [0.05, 0.1) is 6.21 Å². The molecule has 90 valence electrons. The van der Waals surface area contributed by atoms with Crippen molar-refractivity contribution < 1.29 is 9.36 Å². The summed E-state index contributed by atoms with van der Waals surface area (Å²) in [5.74, 6) is -0.154. The van der Waals surface area contributed by atoms with Crippen LogP contribution in [0.25, 0.3) is 0 Å². The lowest BCUT2D eigenvalue weighted by atomic mass is 10.2. The summed E-state index contributed by atoms with van der Waals surface area (Å²) < 4.78 is 1.79. The maximum Gasteiger partial charge on any atom is 0.305 e. The summed E-state index contributed by atoms with van der Waals surface area (Å²) in [5, 5.41) is 3.90. The normalized spacial score (nSPS) is 10.4. The van der Waals surface area contributed by atoms with Gasteiger partial charge in [0.25, 0.3) is 0 Å². The molecule has 1 amide bonds. The summed E-state index contributed by atoms with van der Waals surface area (Å²) in [4.78, 5) is 11.6. The lowest BCUT2D eigenvalue weighted by molar-refractivity contribution is -0.684.